The molecule has 0 aliphatic carbocycles. The Balaban J connectivity index is 3.00. The van der Waals surface area contributed by atoms with Crippen LogP contribution in [0.3, 0.4) is 0 Å². The number of methoxy groups -OCH3 is 1. The minimum Gasteiger partial charge on any atom is -0.493 e. The summed E-state index contributed by atoms with van der Waals surface area (Å²) in [5.74, 6) is 1.26. The SMILES string of the molecule is CCOc1c(Cl)cc(C=CCNC)cc1OC. The largest absolute Gasteiger partial charge is 0.493 e. The van der Waals surface area contributed by atoms with E-state index in [1.165, 1.54) is 0 Å². The maximum absolute atomic E-state index is 6.15. The Labute approximate surface area is 107 Å². The highest BCUT2D eigenvalue weighted by Crippen LogP contribution is 2.36. The molecule has 0 amide bonds. The van der Waals surface area contributed by atoms with Gasteiger partial charge in [-0.05, 0) is 31.7 Å². The lowest BCUT2D eigenvalue weighted by Crippen LogP contribution is -2.03. The lowest BCUT2D eigenvalue weighted by atomic mass is 10.2. The number of rotatable bonds is 6. The van der Waals surface area contributed by atoms with Crippen LogP contribution in [0, 0.1) is 0 Å². The first kappa shape index (κ1) is 13.9. The smallest absolute Gasteiger partial charge is 0.179 e. The minimum absolute atomic E-state index is 0.561. The van der Waals surface area contributed by atoms with Gasteiger partial charge in [-0.1, -0.05) is 23.8 Å². The first-order valence-electron chi connectivity index (χ1n) is 5.54. The number of nitrogens with one attached hydrogen (secondary N) is 1. The summed E-state index contributed by atoms with van der Waals surface area (Å²) in [6.45, 7) is 3.29. The van der Waals surface area contributed by atoms with E-state index in [0.717, 1.165) is 12.1 Å². The van der Waals surface area contributed by atoms with E-state index in [0.29, 0.717) is 23.1 Å². The van der Waals surface area contributed by atoms with Crippen LogP contribution in [0.4, 0.5) is 0 Å². The van der Waals surface area contributed by atoms with Gasteiger partial charge in [-0.2, -0.15) is 0 Å². The van der Waals surface area contributed by atoms with Crippen molar-refractivity contribution in [2.24, 2.45) is 0 Å². The zero-order chi connectivity index (χ0) is 12.7. The lowest BCUT2D eigenvalue weighted by Gasteiger charge is -2.11. The predicted molar refractivity (Wildman–Crippen MR) is 72.1 cm³/mol. The third kappa shape index (κ3) is 3.95. The first-order valence-corrected chi connectivity index (χ1v) is 5.92. The van der Waals surface area contributed by atoms with E-state index < -0.39 is 0 Å². The van der Waals surface area contributed by atoms with Crippen LogP contribution in [0.25, 0.3) is 6.08 Å². The fourth-order valence-corrected chi connectivity index (χ4v) is 1.71. The van der Waals surface area contributed by atoms with E-state index in [2.05, 4.69) is 5.32 Å². The van der Waals surface area contributed by atoms with Crippen LogP contribution in [-0.2, 0) is 0 Å². The number of hydrogen-bond acceptors (Lipinski definition) is 3. The summed E-state index contributed by atoms with van der Waals surface area (Å²) in [5, 5.41) is 3.60. The van der Waals surface area contributed by atoms with E-state index in [4.69, 9.17) is 21.1 Å². The molecule has 3 nitrogen and oxygen atoms in total. The molecule has 0 unspecified atom stereocenters. The molecule has 0 bridgehead atoms. The van der Waals surface area contributed by atoms with Crippen molar-refractivity contribution in [1.82, 2.24) is 5.32 Å². The summed E-state index contributed by atoms with van der Waals surface area (Å²) < 4.78 is 10.7. The Morgan fingerprint density at radius 3 is 2.76 bits per heavy atom. The fourth-order valence-electron chi connectivity index (χ4n) is 1.43. The average Bonchev–Trinajstić information content (AvgIpc) is 2.32. The summed E-state index contributed by atoms with van der Waals surface area (Å²) in [6.07, 6.45) is 4.01. The van der Waals surface area contributed by atoms with Gasteiger partial charge in [0, 0.05) is 6.54 Å². The van der Waals surface area contributed by atoms with Gasteiger partial charge >= 0.3 is 0 Å². The van der Waals surface area contributed by atoms with Gasteiger partial charge in [0.25, 0.3) is 0 Å². The standard InChI is InChI=1S/C13H18ClNO2/c1-4-17-13-11(14)8-10(6-5-7-15-2)9-12(13)16-3/h5-6,8-9,15H,4,7H2,1-3H3. The first-order chi connectivity index (χ1) is 8.22. The molecule has 1 aromatic rings. The summed E-state index contributed by atoms with van der Waals surface area (Å²) in [7, 11) is 3.51. The average molecular weight is 256 g/mol. The number of ether oxygens (including phenoxy) is 2. The molecule has 0 heterocycles. The number of hydrogen-bond donors (Lipinski definition) is 1. The van der Waals surface area contributed by atoms with Crippen molar-refractivity contribution in [3.63, 3.8) is 0 Å². The highest BCUT2D eigenvalue weighted by molar-refractivity contribution is 6.32. The lowest BCUT2D eigenvalue weighted by molar-refractivity contribution is 0.311. The molecule has 0 fully saturated rings. The molecule has 0 aromatic heterocycles. The van der Waals surface area contributed by atoms with E-state index in [-0.39, 0.29) is 0 Å². The van der Waals surface area contributed by atoms with Crippen LogP contribution >= 0.6 is 11.6 Å². The molecule has 4 heteroatoms. The molecule has 94 valence electrons. The van der Waals surface area contributed by atoms with Crippen LogP contribution in [-0.4, -0.2) is 27.3 Å². The molecular formula is C13H18ClNO2. The van der Waals surface area contributed by atoms with E-state index in [1.807, 2.05) is 38.3 Å². The number of halogens is 1. The normalized spacial score (nSPS) is 10.8. The van der Waals surface area contributed by atoms with Gasteiger partial charge in [-0.15, -0.1) is 0 Å². The molecule has 0 saturated carbocycles. The Morgan fingerprint density at radius 2 is 2.18 bits per heavy atom. The van der Waals surface area contributed by atoms with E-state index >= 15 is 0 Å². The molecule has 1 N–H and O–H groups in total. The van der Waals surface area contributed by atoms with Crippen LogP contribution in [0.5, 0.6) is 11.5 Å². The van der Waals surface area contributed by atoms with Gasteiger partial charge in [-0.25, -0.2) is 0 Å². The summed E-state index contributed by atoms with van der Waals surface area (Å²) >= 11 is 6.15. The van der Waals surface area contributed by atoms with Crippen molar-refractivity contribution in [2.75, 3.05) is 27.3 Å². The summed E-state index contributed by atoms with van der Waals surface area (Å²) in [6, 6.07) is 3.77. The quantitative estimate of drug-likeness (QED) is 0.848. The minimum atomic E-state index is 0.561. The van der Waals surface area contributed by atoms with Crippen molar-refractivity contribution in [2.45, 2.75) is 6.92 Å². The van der Waals surface area contributed by atoms with Crippen molar-refractivity contribution in [3.05, 3.63) is 28.8 Å². The monoisotopic (exact) mass is 255 g/mol. The molecular weight excluding hydrogens is 238 g/mol. The van der Waals surface area contributed by atoms with Gasteiger partial charge in [0.1, 0.15) is 0 Å². The second-order valence-electron chi connectivity index (χ2n) is 3.43. The molecule has 0 spiro atoms. The zero-order valence-corrected chi connectivity index (χ0v) is 11.2. The van der Waals surface area contributed by atoms with E-state index in [1.54, 1.807) is 7.11 Å². The summed E-state index contributed by atoms with van der Waals surface area (Å²) in [5.41, 5.74) is 0.991. The van der Waals surface area contributed by atoms with Crippen molar-refractivity contribution in [1.29, 1.82) is 0 Å². The zero-order valence-electron chi connectivity index (χ0n) is 10.4. The molecule has 0 aliphatic heterocycles. The second kappa shape index (κ2) is 7.20. The van der Waals surface area contributed by atoms with Crippen LogP contribution in [0.15, 0.2) is 18.2 Å². The third-order valence-corrected chi connectivity index (χ3v) is 2.45. The topological polar surface area (TPSA) is 30.5 Å². The van der Waals surface area contributed by atoms with Gasteiger partial charge in [0.15, 0.2) is 11.5 Å². The Kier molecular flexibility index (Phi) is 5.87. The maximum Gasteiger partial charge on any atom is 0.179 e. The van der Waals surface area contributed by atoms with Gasteiger partial charge in [0.2, 0.25) is 0 Å². The maximum atomic E-state index is 6.15. The number of likely N-dealkylation sites (N-methyl/N-ethyl adjacent to an activating group) is 1. The van der Waals surface area contributed by atoms with Crippen LogP contribution in [0.1, 0.15) is 12.5 Å². The second-order valence-corrected chi connectivity index (χ2v) is 3.83. The van der Waals surface area contributed by atoms with Crippen LogP contribution < -0.4 is 14.8 Å². The highest BCUT2D eigenvalue weighted by atomic mass is 35.5. The van der Waals surface area contributed by atoms with Gasteiger partial charge in [-0.3, -0.25) is 0 Å². The molecule has 17 heavy (non-hydrogen) atoms. The molecule has 0 radical (unpaired) electrons. The predicted octanol–water partition coefficient (Wildman–Crippen LogP) is 2.98. The van der Waals surface area contributed by atoms with Crippen molar-refractivity contribution < 1.29 is 9.47 Å². The Morgan fingerprint density at radius 1 is 1.41 bits per heavy atom. The molecule has 0 saturated heterocycles. The highest BCUT2D eigenvalue weighted by Gasteiger charge is 2.10. The van der Waals surface area contributed by atoms with Crippen LogP contribution in [0.2, 0.25) is 5.02 Å². The molecule has 1 rings (SSSR count). The fraction of sp³-hybridized carbons (Fsp3) is 0.385. The van der Waals surface area contributed by atoms with Crippen molar-refractivity contribution >= 4 is 17.7 Å². The Bertz CT molecular complexity index is 391. The van der Waals surface area contributed by atoms with Gasteiger partial charge in [0.05, 0.1) is 18.7 Å². The third-order valence-electron chi connectivity index (χ3n) is 2.17. The van der Waals surface area contributed by atoms with E-state index in [9.17, 15) is 0 Å². The molecule has 0 aliphatic rings. The van der Waals surface area contributed by atoms with Crippen molar-refractivity contribution in [3.8, 4) is 11.5 Å². The van der Waals surface area contributed by atoms with Gasteiger partial charge < -0.3 is 14.8 Å². The Hall–Kier alpha value is -1.19. The number of benzene rings is 1. The molecule has 1 aromatic carbocycles. The molecule has 0 atom stereocenters. The summed E-state index contributed by atoms with van der Waals surface area (Å²) in [4.78, 5) is 0.